The molecule has 1 unspecified atom stereocenters. The van der Waals surface area contributed by atoms with Crippen LogP contribution < -0.4 is 10.3 Å². The molecule has 1 aromatic carbocycles. The highest BCUT2D eigenvalue weighted by Crippen LogP contribution is 2.25. The van der Waals surface area contributed by atoms with Gasteiger partial charge in [-0.1, -0.05) is 6.92 Å². The lowest BCUT2D eigenvalue weighted by Crippen LogP contribution is -2.26. The second-order valence-electron chi connectivity index (χ2n) is 5.13. The smallest absolute Gasteiger partial charge is 0.269 e. The lowest BCUT2D eigenvalue weighted by atomic mass is 10.1. The topological polar surface area (TPSA) is 55.0 Å². The molecule has 0 fully saturated rings. The van der Waals surface area contributed by atoms with E-state index < -0.39 is 0 Å². The minimum Gasteiger partial charge on any atom is -0.494 e. The Balaban J connectivity index is 2.57. The third kappa shape index (κ3) is 3.04. The van der Waals surface area contributed by atoms with Crippen molar-refractivity contribution in [3.63, 3.8) is 0 Å². The molecule has 0 saturated carbocycles. The average molecular weight is 296 g/mol. The predicted octanol–water partition coefficient (Wildman–Crippen LogP) is 3.76. The van der Waals surface area contributed by atoms with E-state index in [0.717, 1.165) is 23.4 Å². The third-order valence-corrected chi connectivity index (χ3v) is 3.73. The summed E-state index contributed by atoms with van der Waals surface area (Å²) in [4.78, 5) is 12.5. The van der Waals surface area contributed by atoms with Crippen LogP contribution in [0.25, 0.3) is 11.3 Å². The van der Waals surface area contributed by atoms with E-state index >= 15 is 0 Å². The Labute approximate surface area is 130 Å². The van der Waals surface area contributed by atoms with Crippen molar-refractivity contribution in [3.8, 4) is 23.1 Å². The van der Waals surface area contributed by atoms with E-state index in [4.69, 9.17) is 10.00 Å². The Morgan fingerprint density at radius 1 is 1.18 bits per heavy atom. The van der Waals surface area contributed by atoms with E-state index in [0.29, 0.717) is 6.61 Å². The number of benzene rings is 1. The molecule has 1 aromatic heterocycles. The Morgan fingerprint density at radius 3 is 2.41 bits per heavy atom. The van der Waals surface area contributed by atoms with Crippen molar-refractivity contribution in [2.75, 3.05) is 6.61 Å². The zero-order valence-corrected chi connectivity index (χ0v) is 13.2. The van der Waals surface area contributed by atoms with E-state index in [-0.39, 0.29) is 17.2 Å². The van der Waals surface area contributed by atoms with Crippen molar-refractivity contribution in [3.05, 3.63) is 52.3 Å². The minimum atomic E-state index is -0.233. The van der Waals surface area contributed by atoms with Gasteiger partial charge in [0.05, 0.1) is 12.3 Å². The number of aromatic nitrogens is 1. The summed E-state index contributed by atoms with van der Waals surface area (Å²) < 4.78 is 7.15. The summed E-state index contributed by atoms with van der Waals surface area (Å²) in [6, 6.07) is 13.1. The van der Waals surface area contributed by atoms with Crippen LogP contribution >= 0.6 is 0 Å². The van der Waals surface area contributed by atoms with E-state index in [2.05, 4.69) is 0 Å². The molecule has 1 heterocycles. The van der Waals surface area contributed by atoms with Crippen molar-refractivity contribution in [2.24, 2.45) is 0 Å². The van der Waals surface area contributed by atoms with Crippen LogP contribution in [0.3, 0.4) is 0 Å². The highest BCUT2D eigenvalue weighted by atomic mass is 16.5. The van der Waals surface area contributed by atoms with E-state index in [9.17, 15) is 4.79 Å². The van der Waals surface area contributed by atoms with Gasteiger partial charge in [-0.25, -0.2) is 0 Å². The highest BCUT2D eigenvalue weighted by Gasteiger charge is 2.14. The van der Waals surface area contributed by atoms with Crippen molar-refractivity contribution in [2.45, 2.75) is 33.2 Å². The van der Waals surface area contributed by atoms with Crippen LogP contribution in [-0.2, 0) is 0 Å². The summed E-state index contributed by atoms with van der Waals surface area (Å²) in [6.07, 6.45) is 0.818. The van der Waals surface area contributed by atoms with E-state index in [1.54, 1.807) is 10.6 Å². The van der Waals surface area contributed by atoms with Crippen molar-refractivity contribution in [1.29, 1.82) is 5.26 Å². The van der Waals surface area contributed by atoms with Crippen LogP contribution in [0, 0.1) is 11.3 Å². The fraction of sp³-hybridized carbons (Fsp3) is 0.333. The first-order valence-electron chi connectivity index (χ1n) is 7.51. The molecule has 0 bridgehead atoms. The SMILES string of the molecule is CCOc1ccc(-c2ccc(C#N)c(=O)n2C(C)CC)cc1. The summed E-state index contributed by atoms with van der Waals surface area (Å²) in [5, 5.41) is 9.07. The molecule has 2 aromatic rings. The van der Waals surface area contributed by atoms with Gasteiger partial charge in [0, 0.05) is 6.04 Å². The maximum absolute atomic E-state index is 12.5. The molecule has 0 amide bonds. The zero-order chi connectivity index (χ0) is 16.1. The van der Waals surface area contributed by atoms with Crippen LogP contribution in [0.4, 0.5) is 0 Å². The molecule has 0 radical (unpaired) electrons. The van der Waals surface area contributed by atoms with Gasteiger partial charge < -0.3 is 9.30 Å². The van der Waals surface area contributed by atoms with Crippen molar-refractivity contribution < 1.29 is 4.74 Å². The number of nitriles is 1. The average Bonchev–Trinajstić information content (AvgIpc) is 2.55. The molecule has 0 aliphatic heterocycles. The Bertz CT molecular complexity index is 739. The molecule has 0 N–H and O–H groups in total. The van der Waals surface area contributed by atoms with Gasteiger partial charge in [0.1, 0.15) is 17.4 Å². The number of nitrogens with zero attached hydrogens (tertiary/aromatic N) is 2. The molecule has 4 nitrogen and oxygen atoms in total. The lowest BCUT2D eigenvalue weighted by Gasteiger charge is -2.19. The number of hydrogen-bond donors (Lipinski definition) is 0. The van der Waals surface area contributed by atoms with Gasteiger partial charge in [0.15, 0.2) is 0 Å². The monoisotopic (exact) mass is 296 g/mol. The number of pyridine rings is 1. The molecule has 0 aliphatic rings. The fourth-order valence-corrected chi connectivity index (χ4v) is 2.38. The fourth-order valence-electron chi connectivity index (χ4n) is 2.38. The van der Waals surface area contributed by atoms with E-state index in [1.807, 2.05) is 57.2 Å². The van der Waals surface area contributed by atoms with Crippen LogP contribution in [-0.4, -0.2) is 11.2 Å². The summed E-state index contributed by atoms with van der Waals surface area (Å²) in [5.41, 5.74) is 1.70. The van der Waals surface area contributed by atoms with Gasteiger partial charge in [-0.3, -0.25) is 4.79 Å². The second-order valence-corrected chi connectivity index (χ2v) is 5.13. The Hall–Kier alpha value is -2.54. The Kier molecular flexibility index (Phi) is 5.00. The van der Waals surface area contributed by atoms with Gasteiger partial charge in [0.25, 0.3) is 5.56 Å². The molecule has 1 atom stereocenters. The molecule has 0 spiro atoms. The van der Waals surface area contributed by atoms with Gasteiger partial charge in [-0.2, -0.15) is 5.26 Å². The first-order valence-corrected chi connectivity index (χ1v) is 7.51. The lowest BCUT2D eigenvalue weighted by molar-refractivity contribution is 0.340. The van der Waals surface area contributed by atoms with Crippen LogP contribution in [0.2, 0.25) is 0 Å². The molecular formula is C18H20N2O2. The van der Waals surface area contributed by atoms with Crippen LogP contribution in [0.1, 0.15) is 38.8 Å². The minimum absolute atomic E-state index is 0.0300. The maximum atomic E-state index is 12.5. The van der Waals surface area contributed by atoms with Crippen LogP contribution in [0.15, 0.2) is 41.2 Å². The molecule has 4 heteroatoms. The zero-order valence-electron chi connectivity index (χ0n) is 13.2. The molecule has 0 saturated heterocycles. The number of rotatable bonds is 5. The largest absolute Gasteiger partial charge is 0.494 e. The van der Waals surface area contributed by atoms with E-state index in [1.165, 1.54) is 0 Å². The number of hydrogen-bond acceptors (Lipinski definition) is 3. The standard InChI is InChI=1S/C18H20N2O2/c1-4-13(3)20-17(11-8-15(12-19)18(20)21)14-6-9-16(10-7-14)22-5-2/h6-11,13H,4-5H2,1-3H3. The van der Waals surface area contributed by atoms with Gasteiger partial charge in [-0.05, 0) is 62.2 Å². The van der Waals surface area contributed by atoms with Crippen molar-refractivity contribution >= 4 is 0 Å². The first kappa shape index (κ1) is 15.8. The van der Waals surface area contributed by atoms with Gasteiger partial charge in [-0.15, -0.1) is 0 Å². The molecule has 0 aliphatic carbocycles. The summed E-state index contributed by atoms with van der Waals surface area (Å²) in [7, 11) is 0. The normalized spacial score (nSPS) is 11.7. The first-order chi connectivity index (χ1) is 10.6. The predicted molar refractivity (Wildman–Crippen MR) is 87.0 cm³/mol. The summed E-state index contributed by atoms with van der Waals surface area (Å²) in [6.45, 7) is 6.57. The maximum Gasteiger partial charge on any atom is 0.269 e. The summed E-state index contributed by atoms with van der Waals surface area (Å²) in [5.74, 6) is 0.803. The van der Waals surface area contributed by atoms with Crippen LogP contribution in [0.5, 0.6) is 5.75 Å². The Morgan fingerprint density at radius 2 is 1.86 bits per heavy atom. The third-order valence-electron chi connectivity index (χ3n) is 3.73. The summed E-state index contributed by atoms with van der Waals surface area (Å²) >= 11 is 0. The quantitative estimate of drug-likeness (QED) is 0.844. The second kappa shape index (κ2) is 6.95. The molecular weight excluding hydrogens is 276 g/mol. The molecule has 114 valence electrons. The van der Waals surface area contributed by atoms with Crippen molar-refractivity contribution in [1.82, 2.24) is 4.57 Å². The van der Waals surface area contributed by atoms with Gasteiger partial charge >= 0.3 is 0 Å². The number of ether oxygens (including phenoxy) is 1. The van der Waals surface area contributed by atoms with Gasteiger partial charge in [0.2, 0.25) is 0 Å². The molecule has 2 rings (SSSR count). The molecule has 22 heavy (non-hydrogen) atoms. The highest BCUT2D eigenvalue weighted by molar-refractivity contribution is 5.61.